The molecule has 5 nitrogen and oxygen atoms in total. The largest absolute Gasteiger partial charge is 0.470 e. The van der Waals surface area contributed by atoms with Gasteiger partial charge < -0.3 is 4.74 Å². The average Bonchev–Trinajstić information content (AvgIpc) is 2.62. The number of halogens is 1. The molecule has 0 aliphatic carbocycles. The van der Waals surface area contributed by atoms with E-state index in [2.05, 4.69) is 25.9 Å². The molecule has 2 N–H and O–H groups in total. The van der Waals surface area contributed by atoms with E-state index in [0.717, 1.165) is 15.6 Å². The first-order chi connectivity index (χ1) is 12.1. The van der Waals surface area contributed by atoms with Crippen LogP contribution in [0.1, 0.15) is 35.1 Å². The van der Waals surface area contributed by atoms with Crippen molar-refractivity contribution in [1.29, 1.82) is 0 Å². The van der Waals surface area contributed by atoms with Gasteiger partial charge in [-0.3, -0.25) is 14.8 Å². The van der Waals surface area contributed by atoms with Crippen molar-refractivity contribution in [3.63, 3.8) is 0 Å². The lowest BCUT2D eigenvalue weighted by Crippen LogP contribution is -2.33. The zero-order valence-corrected chi connectivity index (χ0v) is 14.7. The molecule has 1 aromatic heterocycles. The number of aromatic nitrogens is 2. The lowest BCUT2D eigenvalue weighted by Gasteiger charge is -2.31. The van der Waals surface area contributed by atoms with Crippen molar-refractivity contribution in [2.75, 3.05) is 0 Å². The summed E-state index contributed by atoms with van der Waals surface area (Å²) in [5.74, 6) is 0.0874. The Morgan fingerprint density at radius 1 is 0.920 bits per heavy atom. The number of H-pyrrole nitrogens is 2. The Morgan fingerprint density at radius 3 is 2.36 bits per heavy atom. The van der Waals surface area contributed by atoms with Crippen LogP contribution in [0, 0.1) is 0 Å². The fourth-order valence-corrected chi connectivity index (χ4v) is 3.54. The molecule has 126 valence electrons. The standard InChI is InChI=1S/C19H15BrN2O3/c20-13-8-6-11(7-9-13)14-10-15(12-4-2-1-3-5-12)25-18-16(14)17(23)21-19(24)22-18/h1-9,14-15H,10H2,(H2,21,22,23,24)/t14-,15-/m0/s1. The minimum Gasteiger partial charge on any atom is -0.470 e. The van der Waals surface area contributed by atoms with Crippen molar-refractivity contribution in [2.24, 2.45) is 0 Å². The number of benzene rings is 2. The Morgan fingerprint density at radius 2 is 1.64 bits per heavy atom. The van der Waals surface area contributed by atoms with Gasteiger partial charge in [0.15, 0.2) is 0 Å². The maximum atomic E-state index is 12.4. The Labute approximate surface area is 151 Å². The molecule has 4 rings (SSSR count). The molecule has 0 amide bonds. The zero-order chi connectivity index (χ0) is 17.4. The average molecular weight is 399 g/mol. The van der Waals surface area contributed by atoms with E-state index in [9.17, 15) is 9.59 Å². The molecule has 2 heterocycles. The van der Waals surface area contributed by atoms with Crippen LogP contribution in [0.2, 0.25) is 0 Å². The van der Waals surface area contributed by atoms with Crippen LogP contribution < -0.4 is 16.0 Å². The minimum atomic E-state index is -0.563. The van der Waals surface area contributed by atoms with Crippen molar-refractivity contribution in [2.45, 2.75) is 18.4 Å². The maximum absolute atomic E-state index is 12.4. The first kappa shape index (κ1) is 15.9. The van der Waals surface area contributed by atoms with Crippen LogP contribution >= 0.6 is 15.9 Å². The first-order valence-corrected chi connectivity index (χ1v) is 8.74. The Kier molecular flexibility index (Phi) is 4.05. The Bertz CT molecular complexity index is 1010. The van der Waals surface area contributed by atoms with Crippen molar-refractivity contribution < 1.29 is 4.74 Å². The third kappa shape index (κ3) is 3.05. The van der Waals surface area contributed by atoms with Gasteiger partial charge in [-0.05, 0) is 29.7 Å². The van der Waals surface area contributed by atoms with E-state index in [-0.39, 0.29) is 17.9 Å². The lowest BCUT2D eigenvalue weighted by atomic mass is 9.84. The number of nitrogens with one attached hydrogen (secondary N) is 2. The predicted molar refractivity (Wildman–Crippen MR) is 98.1 cm³/mol. The third-order valence-electron chi connectivity index (χ3n) is 4.45. The molecule has 0 unspecified atom stereocenters. The topological polar surface area (TPSA) is 75.0 Å². The van der Waals surface area contributed by atoms with Gasteiger partial charge in [0.2, 0.25) is 5.88 Å². The summed E-state index contributed by atoms with van der Waals surface area (Å²) in [5, 5.41) is 0. The molecule has 3 aromatic rings. The van der Waals surface area contributed by atoms with Crippen LogP contribution in [0.3, 0.4) is 0 Å². The number of fused-ring (bicyclic) bond motifs is 1. The van der Waals surface area contributed by atoms with Crippen LogP contribution in [0.5, 0.6) is 5.88 Å². The highest BCUT2D eigenvalue weighted by atomic mass is 79.9. The lowest BCUT2D eigenvalue weighted by molar-refractivity contribution is 0.157. The third-order valence-corrected chi connectivity index (χ3v) is 4.97. The Hall–Kier alpha value is -2.60. The van der Waals surface area contributed by atoms with Crippen LogP contribution in [0.25, 0.3) is 0 Å². The summed E-state index contributed by atoms with van der Waals surface area (Å²) in [4.78, 5) is 29.1. The molecule has 0 fully saturated rings. The monoisotopic (exact) mass is 398 g/mol. The van der Waals surface area contributed by atoms with E-state index in [4.69, 9.17) is 4.74 Å². The minimum absolute atomic E-state index is 0.164. The molecular weight excluding hydrogens is 384 g/mol. The van der Waals surface area contributed by atoms with Crippen molar-refractivity contribution >= 4 is 15.9 Å². The fraction of sp³-hybridized carbons (Fsp3) is 0.158. The van der Waals surface area contributed by atoms with Gasteiger partial charge in [-0.1, -0.05) is 58.4 Å². The molecule has 2 atom stereocenters. The highest BCUT2D eigenvalue weighted by Crippen LogP contribution is 2.42. The molecule has 2 aromatic carbocycles. The quantitative estimate of drug-likeness (QED) is 0.693. The second kappa shape index (κ2) is 6.37. The molecule has 0 spiro atoms. The Balaban J connectivity index is 1.86. The number of rotatable bonds is 2. The number of hydrogen-bond donors (Lipinski definition) is 2. The molecule has 0 bridgehead atoms. The van der Waals surface area contributed by atoms with Crippen LogP contribution in [-0.4, -0.2) is 9.97 Å². The second-order valence-electron chi connectivity index (χ2n) is 6.01. The molecule has 0 radical (unpaired) electrons. The predicted octanol–water partition coefficient (Wildman–Crippen LogP) is 3.48. The number of hydrogen-bond acceptors (Lipinski definition) is 3. The zero-order valence-electron chi connectivity index (χ0n) is 13.2. The smallest absolute Gasteiger partial charge is 0.328 e. The SMILES string of the molecule is O=c1[nH]c2c(c(=O)[nH]1)[C@H](c1ccc(Br)cc1)C[C@@H](c1ccccc1)O2. The van der Waals surface area contributed by atoms with Gasteiger partial charge in [0.05, 0.1) is 5.56 Å². The molecule has 1 aliphatic rings. The van der Waals surface area contributed by atoms with E-state index in [0.29, 0.717) is 12.0 Å². The van der Waals surface area contributed by atoms with E-state index >= 15 is 0 Å². The van der Waals surface area contributed by atoms with E-state index < -0.39 is 11.2 Å². The van der Waals surface area contributed by atoms with Crippen LogP contribution in [0.4, 0.5) is 0 Å². The number of aromatic amines is 2. The summed E-state index contributed by atoms with van der Waals surface area (Å²) in [6, 6.07) is 17.7. The summed E-state index contributed by atoms with van der Waals surface area (Å²) in [5.41, 5.74) is 1.52. The van der Waals surface area contributed by atoms with Gasteiger partial charge in [-0.2, -0.15) is 0 Å². The summed E-state index contributed by atoms with van der Waals surface area (Å²) >= 11 is 3.43. The van der Waals surface area contributed by atoms with Gasteiger partial charge in [-0.25, -0.2) is 4.79 Å². The summed E-state index contributed by atoms with van der Waals surface area (Å²) in [6.07, 6.45) is 0.383. The highest BCUT2D eigenvalue weighted by Gasteiger charge is 2.33. The van der Waals surface area contributed by atoms with Crippen LogP contribution in [0.15, 0.2) is 68.7 Å². The van der Waals surface area contributed by atoms with Gasteiger partial charge in [-0.15, -0.1) is 0 Å². The van der Waals surface area contributed by atoms with Gasteiger partial charge in [0, 0.05) is 10.4 Å². The highest BCUT2D eigenvalue weighted by molar-refractivity contribution is 9.10. The van der Waals surface area contributed by atoms with Gasteiger partial charge in [0.1, 0.15) is 6.10 Å². The van der Waals surface area contributed by atoms with Gasteiger partial charge in [0.25, 0.3) is 5.56 Å². The van der Waals surface area contributed by atoms with Crippen molar-refractivity contribution in [3.8, 4) is 5.88 Å². The first-order valence-electron chi connectivity index (χ1n) is 7.95. The summed E-state index contributed by atoms with van der Waals surface area (Å²) in [7, 11) is 0. The maximum Gasteiger partial charge on any atom is 0.328 e. The normalized spacial score (nSPS) is 19.1. The van der Waals surface area contributed by atoms with E-state index in [1.165, 1.54) is 0 Å². The van der Waals surface area contributed by atoms with E-state index in [1.54, 1.807) is 0 Å². The fourth-order valence-electron chi connectivity index (χ4n) is 3.28. The van der Waals surface area contributed by atoms with Crippen LogP contribution in [-0.2, 0) is 0 Å². The van der Waals surface area contributed by atoms with Gasteiger partial charge >= 0.3 is 5.69 Å². The van der Waals surface area contributed by atoms with E-state index in [1.807, 2.05) is 54.6 Å². The van der Waals surface area contributed by atoms with Crippen molar-refractivity contribution in [3.05, 3.63) is 96.6 Å². The summed E-state index contributed by atoms with van der Waals surface area (Å²) in [6.45, 7) is 0. The molecule has 0 saturated heterocycles. The molecule has 25 heavy (non-hydrogen) atoms. The second-order valence-corrected chi connectivity index (χ2v) is 6.92. The number of ether oxygens (including phenoxy) is 1. The van der Waals surface area contributed by atoms with Crippen molar-refractivity contribution in [1.82, 2.24) is 9.97 Å². The molecular formula is C19H15BrN2O3. The molecule has 0 saturated carbocycles. The molecule has 6 heteroatoms. The summed E-state index contributed by atoms with van der Waals surface area (Å²) < 4.78 is 6.94. The molecule has 1 aliphatic heterocycles.